The third kappa shape index (κ3) is 3.99. The minimum atomic E-state index is -0.328. The first-order chi connectivity index (χ1) is 7.24. The Morgan fingerprint density at radius 3 is 2.60 bits per heavy atom. The predicted molar refractivity (Wildman–Crippen MR) is 61.0 cm³/mol. The maximum atomic E-state index is 10.9. The molecule has 0 saturated carbocycles. The van der Waals surface area contributed by atoms with Gasteiger partial charge in [0.2, 0.25) is 0 Å². The molecule has 0 bridgehead atoms. The van der Waals surface area contributed by atoms with Crippen molar-refractivity contribution in [1.29, 1.82) is 5.26 Å². The Labute approximate surface area is 91.5 Å². The summed E-state index contributed by atoms with van der Waals surface area (Å²) in [5.74, 6) is -0.328. The second-order valence-corrected chi connectivity index (χ2v) is 3.12. The number of nitriles is 1. The number of aldehydes is 1. The lowest BCUT2D eigenvalue weighted by Gasteiger charge is -2.15. The zero-order chi connectivity index (χ0) is 11.7. The van der Waals surface area contributed by atoms with Crippen molar-refractivity contribution in [3.63, 3.8) is 0 Å². The van der Waals surface area contributed by atoms with E-state index in [1.54, 1.807) is 0 Å². The molecule has 0 amide bonds. The van der Waals surface area contributed by atoms with E-state index in [1.807, 2.05) is 39.1 Å². The van der Waals surface area contributed by atoms with Gasteiger partial charge in [0.1, 0.15) is 6.29 Å². The quantitative estimate of drug-likeness (QED) is 0.535. The van der Waals surface area contributed by atoms with Crippen LogP contribution in [0, 0.1) is 17.2 Å². The standard InChI is InChI=1S/C12H18N2O/c1-4-6-12(14-3)11(5-2)10(9-15)7-8-13/h5-6,9-10,14H,4,7H2,1-3H3/b11-5-,12-6+. The number of carbonyl (C=O) groups excluding carboxylic acids is 1. The molecule has 3 nitrogen and oxygen atoms in total. The lowest BCUT2D eigenvalue weighted by molar-refractivity contribution is -0.110. The van der Waals surface area contributed by atoms with Crippen LogP contribution in [0.3, 0.4) is 0 Å². The summed E-state index contributed by atoms with van der Waals surface area (Å²) >= 11 is 0. The highest BCUT2D eigenvalue weighted by atomic mass is 16.1. The predicted octanol–water partition coefficient (Wildman–Crippen LogP) is 2.17. The molecule has 0 aliphatic heterocycles. The molecule has 0 aromatic heterocycles. The Morgan fingerprint density at radius 2 is 2.27 bits per heavy atom. The second kappa shape index (κ2) is 7.81. The number of likely N-dealkylation sites (N-methyl/N-ethyl adjacent to an activating group) is 1. The van der Waals surface area contributed by atoms with Crippen LogP contribution in [0.25, 0.3) is 0 Å². The van der Waals surface area contributed by atoms with Crippen LogP contribution < -0.4 is 5.32 Å². The van der Waals surface area contributed by atoms with Gasteiger partial charge in [-0.2, -0.15) is 5.26 Å². The van der Waals surface area contributed by atoms with Gasteiger partial charge in [0.05, 0.1) is 12.0 Å². The first-order valence-electron chi connectivity index (χ1n) is 5.11. The average Bonchev–Trinajstić information content (AvgIpc) is 2.27. The summed E-state index contributed by atoms with van der Waals surface area (Å²) in [6.07, 6.45) is 5.86. The van der Waals surface area contributed by atoms with Gasteiger partial charge in [-0.25, -0.2) is 0 Å². The maximum Gasteiger partial charge on any atom is 0.128 e. The van der Waals surface area contributed by atoms with Crippen molar-refractivity contribution in [2.75, 3.05) is 7.05 Å². The molecule has 0 saturated heterocycles. The Kier molecular flexibility index (Phi) is 7.00. The van der Waals surface area contributed by atoms with Crippen LogP contribution in [-0.2, 0) is 4.79 Å². The summed E-state index contributed by atoms with van der Waals surface area (Å²) < 4.78 is 0. The van der Waals surface area contributed by atoms with E-state index >= 15 is 0 Å². The summed E-state index contributed by atoms with van der Waals surface area (Å²) in [6, 6.07) is 2.03. The van der Waals surface area contributed by atoms with Crippen LogP contribution in [0.2, 0.25) is 0 Å². The van der Waals surface area contributed by atoms with Crippen molar-refractivity contribution in [3.05, 3.63) is 23.4 Å². The van der Waals surface area contributed by atoms with Crippen molar-refractivity contribution in [3.8, 4) is 6.07 Å². The molecule has 82 valence electrons. The molecule has 0 radical (unpaired) electrons. The number of hydrogen-bond acceptors (Lipinski definition) is 3. The van der Waals surface area contributed by atoms with E-state index < -0.39 is 0 Å². The second-order valence-electron chi connectivity index (χ2n) is 3.12. The highest BCUT2D eigenvalue weighted by Gasteiger charge is 2.15. The molecule has 1 atom stereocenters. The molecule has 0 aromatic carbocycles. The van der Waals surface area contributed by atoms with Crippen LogP contribution in [0.1, 0.15) is 26.7 Å². The molecule has 0 spiro atoms. The van der Waals surface area contributed by atoms with Gasteiger partial charge in [0.15, 0.2) is 0 Å². The van der Waals surface area contributed by atoms with Crippen LogP contribution in [0.4, 0.5) is 0 Å². The van der Waals surface area contributed by atoms with E-state index in [-0.39, 0.29) is 12.3 Å². The van der Waals surface area contributed by atoms with Crippen molar-refractivity contribution in [2.24, 2.45) is 5.92 Å². The molecule has 0 heterocycles. The molecule has 1 unspecified atom stereocenters. The fourth-order valence-electron chi connectivity index (χ4n) is 1.47. The van der Waals surface area contributed by atoms with Crippen LogP contribution in [0.15, 0.2) is 23.4 Å². The van der Waals surface area contributed by atoms with E-state index in [0.29, 0.717) is 0 Å². The third-order valence-corrected chi connectivity index (χ3v) is 2.17. The number of carbonyl (C=O) groups is 1. The van der Waals surface area contributed by atoms with Crippen molar-refractivity contribution in [1.82, 2.24) is 5.32 Å². The molecule has 0 aliphatic rings. The van der Waals surface area contributed by atoms with Gasteiger partial charge in [-0.1, -0.05) is 19.1 Å². The summed E-state index contributed by atoms with van der Waals surface area (Å²) in [6.45, 7) is 3.91. The summed E-state index contributed by atoms with van der Waals surface area (Å²) in [7, 11) is 1.82. The summed E-state index contributed by atoms with van der Waals surface area (Å²) in [5.41, 5.74) is 1.84. The van der Waals surface area contributed by atoms with E-state index in [4.69, 9.17) is 5.26 Å². The topological polar surface area (TPSA) is 52.9 Å². The molecular formula is C12H18N2O. The smallest absolute Gasteiger partial charge is 0.128 e. The van der Waals surface area contributed by atoms with E-state index in [1.165, 1.54) is 0 Å². The number of nitrogens with zero attached hydrogens (tertiary/aromatic N) is 1. The first kappa shape index (κ1) is 13.4. The van der Waals surface area contributed by atoms with Crippen molar-refractivity contribution < 1.29 is 4.79 Å². The molecule has 3 heteroatoms. The van der Waals surface area contributed by atoms with Crippen molar-refractivity contribution in [2.45, 2.75) is 26.7 Å². The zero-order valence-electron chi connectivity index (χ0n) is 9.58. The first-order valence-corrected chi connectivity index (χ1v) is 5.11. The Balaban J connectivity index is 4.96. The third-order valence-electron chi connectivity index (χ3n) is 2.17. The summed E-state index contributed by atoms with van der Waals surface area (Å²) in [4.78, 5) is 10.9. The normalized spacial score (nSPS) is 14.3. The Bertz CT molecular complexity index is 297. The van der Waals surface area contributed by atoms with Gasteiger partial charge in [-0.15, -0.1) is 0 Å². The van der Waals surface area contributed by atoms with E-state index in [2.05, 4.69) is 5.32 Å². The minimum Gasteiger partial charge on any atom is -0.388 e. The van der Waals surface area contributed by atoms with Crippen molar-refractivity contribution >= 4 is 6.29 Å². The number of hydrogen-bond donors (Lipinski definition) is 1. The number of rotatable bonds is 6. The highest BCUT2D eigenvalue weighted by Crippen LogP contribution is 2.19. The van der Waals surface area contributed by atoms with Gasteiger partial charge in [-0.3, -0.25) is 0 Å². The number of nitrogens with one attached hydrogen (secondary N) is 1. The van der Waals surface area contributed by atoms with Gasteiger partial charge in [0.25, 0.3) is 0 Å². The Morgan fingerprint density at radius 1 is 1.60 bits per heavy atom. The molecule has 0 rings (SSSR count). The largest absolute Gasteiger partial charge is 0.388 e. The fraction of sp³-hybridized carbons (Fsp3) is 0.500. The molecule has 0 aliphatic carbocycles. The van der Waals surface area contributed by atoms with Crippen LogP contribution >= 0.6 is 0 Å². The maximum absolute atomic E-state index is 10.9. The molecule has 15 heavy (non-hydrogen) atoms. The monoisotopic (exact) mass is 206 g/mol. The summed E-state index contributed by atoms with van der Waals surface area (Å²) in [5, 5.41) is 11.7. The molecule has 0 fully saturated rings. The van der Waals surface area contributed by atoms with Gasteiger partial charge in [-0.05, 0) is 18.9 Å². The van der Waals surface area contributed by atoms with E-state index in [0.717, 1.165) is 24.0 Å². The van der Waals surface area contributed by atoms with Crippen LogP contribution in [0.5, 0.6) is 0 Å². The highest BCUT2D eigenvalue weighted by molar-refractivity contribution is 5.62. The number of allylic oxidation sites excluding steroid dienone is 3. The van der Waals surface area contributed by atoms with Gasteiger partial charge in [0, 0.05) is 19.2 Å². The lowest BCUT2D eigenvalue weighted by atomic mass is 9.94. The lowest BCUT2D eigenvalue weighted by Crippen LogP contribution is -2.16. The molecule has 0 aromatic rings. The molecular weight excluding hydrogens is 188 g/mol. The zero-order valence-corrected chi connectivity index (χ0v) is 9.58. The van der Waals surface area contributed by atoms with Gasteiger partial charge >= 0.3 is 0 Å². The Hall–Kier alpha value is -1.56. The van der Waals surface area contributed by atoms with Gasteiger partial charge < -0.3 is 10.1 Å². The van der Waals surface area contributed by atoms with Crippen LogP contribution in [-0.4, -0.2) is 13.3 Å². The van der Waals surface area contributed by atoms with E-state index in [9.17, 15) is 4.79 Å². The average molecular weight is 206 g/mol. The SMILES string of the molecule is C/C=C(\C(=C/CC)NC)C(C=O)CC#N. The minimum absolute atomic E-state index is 0.228. The fourth-order valence-corrected chi connectivity index (χ4v) is 1.47. The molecule has 1 N–H and O–H groups in total.